The Morgan fingerprint density at radius 1 is 1.15 bits per heavy atom. The summed E-state index contributed by atoms with van der Waals surface area (Å²) >= 11 is 11.7. The van der Waals surface area contributed by atoms with Crippen LogP contribution in [0.3, 0.4) is 0 Å². The normalized spacial score (nSPS) is 10.3. The lowest BCUT2D eigenvalue weighted by Gasteiger charge is -2.10. The van der Waals surface area contributed by atoms with Crippen molar-refractivity contribution < 1.29 is 14.8 Å². The van der Waals surface area contributed by atoms with Crippen LogP contribution in [-0.4, -0.2) is 10.0 Å². The number of ether oxygens (including phenoxy) is 1. The molecular weight excluding hydrogens is 305 g/mol. The van der Waals surface area contributed by atoms with Crippen LogP contribution in [0.25, 0.3) is 0 Å². The zero-order chi connectivity index (χ0) is 14.7. The van der Waals surface area contributed by atoms with E-state index in [9.17, 15) is 15.2 Å². The van der Waals surface area contributed by atoms with Gasteiger partial charge in [0, 0.05) is 27.7 Å². The Balaban J connectivity index is 2.35. The van der Waals surface area contributed by atoms with Gasteiger partial charge in [-0.1, -0.05) is 23.2 Å². The van der Waals surface area contributed by atoms with Crippen LogP contribution < -0.4 is 4.74 Å². The number of non-ortho nitro benzene ring substituents is 1. The van der Waals surface area contributed by atoms with Gasteiger partial charge in [0.25, 0.3) is 5.69 Å². The quantitative estimate of drug-likeness (QED) is 0.678. The summed E-state index contributed by atoms with van der Waals surface area (Å²) in [6, 6.07) is 8.62. The average Bonchev–Trinajstić information content (AvgIpc) is 2.37. The van der Waals surface area contributed by atoms with Crippen molar-refractivity contribution in [2.75, 3.05) is 0 Å². The summed E-state index contributed by atoms with van der Waals surface area (Å²) in [5.41, 5.74) is 0.181. The number of benzene rings is 2. The lowest BCUT2D eigenvalue weighted by Crippen LogP contribution is -1.95. The Labute approximate surface area is 124 Å². The van der Waals surface area contributed by atoms with Crippen molar-refractivity contribution in [2.24, 2.45) is 0 Å². The van der Waals surface area contributed by atoms with Gasteiger partial charge in [-0.05, 0) is 24.3 Å². The highest BCUT2D eigenvalue weighted by Gasteiger charge is 2.12. The molecule has 2 aromatic rings. The van der Waals surface area contributed by atoms with Crippen molar-refractivity contribution in [2.45, 2.75) is 6.61 Å². The molecule has 0 aliphatic heterocycles. The third kappa shape index (κ3) is 3.39. The average molecular weight is 314 g/mol. The SMILES string of the molecule is O=[N+]([O-])c1ccc(Oc2cc(Cl)cc(Cl)c2)c(CO)c1. The predicted octanol–water partition coefficient (Wildman–Crippen LogP) is 4.19. The second-order valence-electron chi connectivity index (χ2n) is 3.91. The fourth-order valence-corrected chi connectivity index (χ4v) is 2.12. The maximum Gasteiger partial charge on any atom is 0.270 e. The number of aliphatic hydroxyl groups excluding tert-OH is 1. The third-order valence-electron chi connectivity index (χ3n) is 2.49. The molecule has 0 atom stereocenters. The first-order chi connectivity index (χ1) is 9.49. The van der Waals surface area contributed by atoms with Crippen molar-refractivity contribution >= 4 is 28.9 Å². The van der Waals surface area contributed by atoms with E-state index >= 15 is 0 Å². The third-order valence-corrected chi connectivity index (χ3v) is 2.93. The summed E-state index contributed by atoms with van der Waals surface area (Å²) in [5, 5.41) is 20.7. The molecule has 0 saturated carbocycles. The monoisotopic (exact) mass is 313 g/mol. The number of hydrogen-bond acceptors (Lipinski definition) is 4. The lowest BCUT2D eigenvalue weighted by molar-refractivity contribution is -0.385. The molecule has 0 aliphatic carbocycles. The smallest absolute Gasteiger partial charge is 0.270 e. The second kappa shape index (κ2) is 6.09. The highest BCUT2D eigenvalue weighted by atomic mass is 35.5. The fraction of sp³-hybridized carbons (Fsp3) is 0.0769. The molecule has 1 N–H and O–H groups in total. The van der Waals surface area contributed by atoms with Gasteiger partial charge in [0.15, 0.2) is 0 Å². The minimum Gasteiger partial charge on any atom is -0.457 e. The van der Waals surface area contributed by atoms with Crippen LogP contribution in [0.5, 0.6) is 11.5 Å². The van der Waals surface area contributed by atoms with Gasteiger partial charge in [0.1, 0.15) is 11.5 Å². The molecule has 0 heterocycles. The van der Waals surface area contributed by atoms with Crippen LogP contribution in [0, 0.1) is 10.1 Å². The van der Waals surface area contributed by atoms with E-state index in [0.717, 1.165) is 0 Å². The molecule has 0 radical (unpaired) electrons. The van der Waals surface area contributed by atoms with Gasteiger partial charge in [0.2, 0.25) is 0 Å². The maximum atomic E-state index is 10.7. The zero-order valence-electron chi connectivity index (χ0n) is 10.0. The highest BCUT2D eigenvalue weighted by molar-refractivity contribution is 6.34. The molecule has 104 valence electrons. The van der Waals surface area contributed by atoms with Crippen molar-refractivity contribution in [1.29, 1.82) is 0 Å². The van der Waals surface area contributed by atoms with E-state index < -0.39 is 4.92 Å². The molecule has 0 spiro atoms. The van der Waals surface area contributed by atoms with Gasteiger partial charge < -0.3 is 9.84 Å². The van der Waals surface area contributed by atoms with Crippen molar-refractivity contribution in [3.05, 3.63) is 62.1 Å². The number of halogens is 2. The van der Waals surface area contributed by atoms with Crippen LogP contribution in [-0.2, 0) is 6.61 Å². The molecule has 20 heavy (non-hydrogen) atoms. The van der Waals surface area contributed by atoms with Crippen molar-refractivity contribution in [3.8, 4) is 11.5 Å². The predicted molar refractivity (Wildman–Crippen MR) is 75.6 cm³/mol. The van der Waals surface area contributed by atoms with Gasteiger partial charge in [0.05, 0.1) is 11.5 Å². The molecule has 2 rings (SSSR count). The molecule has 0 aliphatic rings. The number of hydrogen-bond donors (Lipinski definition) is 1. The first-order valence-electron chi connectivity index (χ1n) is 5.51. The van der Waals surface area contributed by atoms with E-state index in [1.165, 1.54) is 18.2 Å². The Morgan fingerprint density at radius 3 is 2.35 bits per heavy atom. The zero-order valence-corrected chi connectivity index (χ0v) is 11.6. The number of aliphatic hydroxyl groups is 1. The summed E-state index contributed by atoms with van der Waals surface area (Å²) in [6.07, 6.45) is 0. The minimum atomic E-state index is -0.542. The first-order valence-corrected chi connectivity index (χ1v) is 6.27. The van der Waals surface area contributed by atoms with Gasteiger partial charge in [-0.15, -0.1) is 0 Å². The summed E-state index contributed by atoms with van der Waals surface area (Å²) < 4.78 is 5.55. The van der Waals surface area contributed by atoms with Gasteiger partial charge in [-0.25, -0.2) is 0 Å². The Morgan fingerprint density at radius 2 is 1.80 bits per heavy atom. The van der Waals surface area contributed by atoms with E-state index in [1.807, 2.05) is 0 Å². The second-order valence-corrected chi connectivity index (χ2v) is 4.79. The fourth-order valence-electron chi connectivity index (χ4n) is 1.62. The van der Waals surface area contributed by atoms with Crippen molar-refractivity contribution in [1.82, 2.24) is 0 Å². The molecule has 7 heteroatoms. The van der Waals surface area contributed by atoms with E-state index in [-0.39, 0.29) is 12.3 Å². The topological polar surface area (TPSA) is 72.6 Å². The standard InChI is InChI=1S/C13H9Cl2NO4/c14-9-4-10(15)6-12(5-9)20-13-2-1-11(16(18)19)3-8(13)7-17/h1-6,17H,7H2. The molecule has 0 fully saturated rings. The molecule has 2 aromatic carbocycles. The maximum absolute atomic E-state index is 10.7. The first kappa shape index (κ1) is 14.6. The number of nitrogens with zero attached hydrogens (tertiary/aromatic N) is 1. The van der Waals surface area contributed by atoms with Gasteiger partial charge in [-0.3, -0.25) is 10.1 Å². The molecule has 0 aromatic heterocycles. The van der Waals surface area contributed by atoms with Crippen LogP contribution >= 0.6 is 23.2 Å². The number of nitro benzene ring substituents is 1. The number of nitro groups is 1. The van der Waals surface area contributed by atoms with E-state index in [0.29, 0.717) is 27.1 Å². The van der Waals surface area contributed by atoms with E-state index in [2.05, 4.69) is 0 Å². The Hall–Kier alpha value is -1.82. The van der Waals surface area contributed by atoms with E-state index in [1.54, 1.807) is 18.2 Å². The van der Waals surface area contributed by atoms with Crippen LogP contribution in [0.15, 0.2) is 36.4 Å². The molecule has 0 amide bonds. The summed E-state index contributed by atoms with van der Waals surface area (Å²) in [6.45, 7) is -0.384. The summed E-state index contributed by atoms with van der Waals surface area (Å²) in [5.74, 6) is 0.683. The molecule has 0 saturated heterocycles. The molecule has 5 nitrogen and oxygen atoms in total. The van der Waals surface area contributed by atoms with Crippen molar-refractivity contribution in [3.63, 3.8) is 0 Å². The van der Waals surface area contributed by atoms with Crippen LogP contribution in [0.2, 0.25) is 10.0 Å². The summed E-state index contributed by atoms with van der Waals surface area (Å²) in [7, 11) is 0. The highest BCUT2D eigenvalue weighted by Crippen LogP contribution is 2.31. The van der Waals surface area contributed by atoms with Gasteiger partial charge >= 0.3 is 0 Å². The molecular formula is C13H9Cl2NO4. The largest absolute Gasteiger partial charge is 0.457 e. The number of rotatable bonds is 4. The lowest BCUT2D eigenvalue weighted by atomic mass is 10.2. The van der Waals surface area contributed by atoms with Crippen LogP contribution in [0.4, 0.5) is 5.69 Å². The minimum absolute atomic E-state index is 0.120. The van der Waals surface area contributed by atoms with E-state index in [4.69, 9.17) is 27.9 Å². The van der Waals surface area contributed by atoms with Crippen LogP contribution in [0.1, 0.15) is 5.56 Å². The van der Waals surface area contributed by atoms with Gasteiger partial charge in [-0.2, -0.15) is 0 Å². The Kier molecular flexibility index (Phi) is 4.44. The summed E-state index contributed by atoms with van der Waals surface area (Å²) in [4.78, 5) is 10.1. The Bertz CT molecular complexity index is 641. The molecule has 0 unspecified atom stereocenters. The molecule has 0 bridgehead atoms.